The number of likely N-dealkylation sites (tertiary alicyclic amines) is 1. The molecule has 0 aromatic heterocycles. The lowest BCUT2D eigenvalue weighted by atomic mass is 9.97. The molecule has 2 fully saturated rings. The summed E-state index contributed by atoms with van der Waals surface area (Å²) in [4.78, 5) is 9.12. The van der Waals surface area contributed by atoms with Crippen LogP contribution in [0.4, 0.5) is 0 Å². The molecule has 0 aliphatic carbocycles. The average molecular weight is 298 g/mol. The highest BCUT2D eigenvalue weighted by molar-refractivity contribution is 5.80. The van der Waals surface area contributed by atoms with E-state index in [1.807, 2.05) is 7.05 Å². The Bertz CT molecular complexity index is 328. The Hall–Kier alpha value is -0.850. The van der Waals surface area contributed by atoms with Gasteiger partial charge in [-0.05, 0) is 38.9 Å². The minimum absolute atomic E-state index is 0.144. The summed E-state index contributed by atoms with van der Waals surface area (Å²) < 4.78 is 10.9. The van der Waals surface area contributed by atoms with Crippen molar-refractivity contribution in [2.75, 3.05) is 67.1 Å². The van der Waals surface area contributed by atoms with Gasteiger partial charge in [-0.15, -0.1) is 0 Å². The number of ether oxygens (including phenoxy) is 2. The SMILES string of the molecule is CN=C(NCC1CCN(C)CC1)N1CCOC(COC)C1. The molecule has 2 aliphatic rings. The second-order valence-electron chi connectivity index (χ2n) is 6.07. The van der Waals surface area contributed by atoms with Crippen molar-refractivity contribution in [3.8, 4) is 0 Å². The van der Waals surface area contributed by atoms with Crippen molar-refractivity contribution in [1.29, 1.82) is 0 Å². The Morgan fingerprint density at radius 2 is 2.10 bits per heavy atom. The fourth-order valence-corrected chi connectivity index (χ4v) is 3.03. The highest BCUT2D eigenvalue weighted by atomic mass is 16.5. The molecule has 1 unspecified atom stereocenters. The number of hydrogen-bond acceptors (Lipinski definition) is 4. The second-order valence-corrected chi connectivity index (χ2v) is 6.07. The molecule has 122 valence electrons. The molecule has 6 nitrogen and oxygen atoms in total. The molecule has 0 radical (unpaired) electrons. The van der Waals surface area contributed by atoms with Crippen molar-refractivity contribution in [2.45, 2.75) is 18.9 Å². The minimum atomic E-state index is 0.144. The zero-order valence-electron chi connectivity index (χ0n) is 13.7. The van der Waals surface area contributed by atoms with Crippen LogP contribution in [0.5, 0.6) is 0 Å². The highest BCUT2D eigenvalue weighted by Gasteiger charge is 2.23. The molecule has 0 spiro atoms. The average Bonchev–Trinajstić information content (AvgIpc) is 2.50. The summed E-state index contributed by atoms with van der Waals surface area (Å²) in [6.45, 7) is 6.56. The van der Waals surface area contributed by atoms with Gasteiger partial charge >= 0.3 is 0 Å². The van der Waals surface area contributed by atoms with Crippen LogP contribution in [0.1, 0.15) is 12.8 Å². The van der Waals surface area contributed by atoms with Gasteiger partial charge in [-0.2, -0.15) is 0 Å². The van der Waals surface area contributed by atoms with E-state index in [0.717, 1.165) is 38.1 Å². The van der Waals surface area contributed by atoms with E-state index in [-0.39, 0.29) is 6.10 Å². The zero-order chi connectivity index (χ0) is 15.1. The van der Waals surface area contributed by atoms with Crippen molar-refractivity contribution in [3.05, 3.63) is 0 Å². The molecule has 0 amide bonds. The normalized spacial score (nSPS) is 26.1. The van der Waals surface area contributed by atoms with Gasteiger partial charge in [0.05, 0.1) is 19.3 Å². The van der Waals surface area contributed by atoms with Crippen molar-refractivity contribution >= 4 is 5.96 Å². The summed E-state index contributed by atoms with van der Waals surface area (Å²) >= 11 is 0. The van der Waals surface area contributed by atoms with Crippen molar-refractivity contribution in [1.82, 2.24) is 15.1 Å². The summed E-state index contributed by atoms with van der Waals surface area (Å²) in [5.74, 6) is 1.76. The van der Waals surface area contributed by atoms with E-state index in [1.165, 1.54) is 25.9 Å². The highest BCUT2D eigenvalue weighted by Crippen LogP contribution is 2.15. The van der Waals surface area contributed by atoms with Crippen LogP contribution in [0.3, 0.4) is 0 Å². The first kappa shape index (κ1) is 16.5. The fourth-order valence-electron chi connectivity index (χ4n) is 3.03. The lowest BCUT2D eigenvalue weighted by Crippen LogP contribution is -2.52. The number of nitrogens with one attached hydrogen (secondary N) is 1. The lowest BCUT2D eigenvalue weighted by Gasteiger charge is -2.36. The topological polar surface area (TPSA) is 49.3 Å². The third-order valence-corrected chi connectivity index (χ3v) is 4.39. The molecule has 0 bridgehead atoms. The van der Waals surface area contributed by atoms with E-state index in [2.05, 4.69) is 27.2 Å². The second kappa shape index (κ2) is 8.56. The molecule has 2 aliphatic heterocycles. The molecule has 6 heteroatoms. The van der Waals surface area contributed by atoms with Crippen LogP contribution in [-0.2, 0) is 9.47 Å². The van der Waals surface area contributed by atoms with Crippen LogP contribution in [0.25, 0.3) is 0 Å². The van der Waals surface area contributed by atoms with E-state index in [4.69, 9.17) is 9.47 Å². The van der Waals surface area contributed by atoms with E-state index in [1.54, 1.807) is 7.11 Å². The summed E-state index contributed by atoms with van der Waals surface area (Å²) in [6, 6.07) is 0. The van der Waals surface area contributed by atoms with Crippen LogP contribution >= 0.6 is 0 Å². The Morgan fingerprint density at radius 1 is 1.33 bits per heavy atom. The van der Waals surface area contributed by atoms with Gasteiger partial charge in [0.2, 0.25) is 0 Å². The van der Waals surface area contributed by atoms with E-state index in [9.17, 15) is 0 Å². The van der Waals surface area contributed by atoms with Crippen molar-refractivity contribution in [3.63, 3.8) is 0 Å². The number of rotatable bonds is 4. The first-order valence-corrected chi connectivity index (χ1v) is 7.97. The van der Waals surface area contributed by atoms with Crippen LogP contribution < -0.4 is 5.32 Å². The fraction of sp³-hybridized carbons (Fsp3) is 0.933. The molecule has 2 rings (SSSR count). The quantitative estimate of drug-likeness (QED) is 0.596. The van der Waals surface area contributed by atoms with Gasteiger partial charge in [-0.1, -0.05) is 0 Å². The Balaban J connectivity index is 1.77. The number of hydrogen-bond donors (Lipinski definition) is 1. The zero-order valence-corrected chi connectivity index (χ0v) is 13.7. The number of aliphatic imine (C=N–C) groups is 1. The Kier molecular flexibility index (Phi) is 6.73. The van der Waals surface area contributed by atoms with Crippen LogP contribution in [-0.4, -0.2) is 89.0 Å². The number of guanidine groups is 1. The smallest absolute Gasteiger partial charge is 0.193 e. The maximum Gasteiger partial charge on any atom is 0.193 e. The maximum atomic E-state index is 5.69. The van der Waals surface area contributed by atoms with Gasteiger partial charge in [0.15, 0.2) is 5.96 Å². The number of methoxy groups -OCH3 is 1. The summed E-state index contributed by atoms with van der Waals surface area (Å²) in [7, 11) is 5.78. The number of piperidine rings is 1. The largest absolute Gasteiger partial charge is 0.382 e. The molecule has 0 aromatic rings. The number of nitrogens with zero attached hydrogens (tertiary/aromatic N) is 3. The third kappa shape index (κ3) is 5.13. The summed E-state index contributed by atoms with van der Waals surface area (Å²) in [5, 5.41) is 3.55. The van der Waals surface area contributed by atoms with Crippen LogP contribution in [0, 0.1) is 5.92 Å². The van der Waals surface area contributed by atoms with Gasteiger partial charge in [0.25, 0.3) is 0 Å². The predicted octanol–water partition coefficient (Wildman–Crippen LogP) is 0.251. The van der Waals surface area contributed by atoms with Gasteiger partial charge in [-0.25, -0.2) is 0 Å². The Labute approximate surface area is 128 Å². The molecule has 2 heterocycles. The van der Waals surface area contributed by atoms with Crippen molar-refractivity contribution < 1.29 is 9.47 Å². The van der Waals surface area contributed by atoms with E-state index < -0.39 is 0 Å². The molecule has 0 saturated carbocycles. The molecule has 0 aromatic carbocycles. The van der Waals surface area contributed by atoms with Crippen LogP contribution in [0.2, 0.25) is 0 Å². The van der Waals surface area contributed by atoms with Gasteiger partial charge in [-0.3, -0.25) is 4.99 Å². The molecule has 1 N–H and O–H groups in total. The summed E-state index contributed by atoms with van der Waals surface area (Å²) in [5.41, 5.74) is 0. The summed E-state index contributed by atoms with van der Waals surface area (Å²) in [6.07, 6.45) is 2.69. The number of morpholine rings is 1. The van der Waals surface area contributed by atoms with Crippen LogP contribution in [0.15, 0.2) is 4.99 Å². The third-order valence-electron chi connectivity index (χ3n) is 4.39. The van der Waals surface area contributed by atoms with Gasteiger partial charge in [0, 0.05) is 33.8 Å². The van der Waals surface area contributed by atoms with Gasteiger partial charge in [0.1, 0.15) is 0 Å². The van der Waals surface area contributed by atoms with E-state index >= 15 is 0 Å². The molecular formula is C15H30N4O2. The van der Waals surface area contributed by atoms with Gasteiger partial charge < -0.3 is 24.6 Å². The van der Waals surface area contributed by atoms with E-state index in [0.29, 0.717) is 6.61 Å². The standard InChI is InChI=1S/C15H30N4O2/c1-16-15(17-10-13-4-6-18(2)7-5-13)19-8-9-21-14(11-19)12-20-3/h13-14H,4-12H2,1-3H3,(H,16,17). The minimum Gasteiger partial charge on any atom is -0.382 e. The molecule has 1 atom stereocenters. The lowest BCUT2D eigenvalue weighted by molar-refractivity contribution is -0.0447. The molecular weight excluding hydrogens is 268 g/mol. The Morgan fingerprint density at radius 3 is 2.76 bits per heavy atom. The molecule has 21 heavy (non-hydrogen) atoms. The predicted molar refractivity (Wildman–Crippen MR) is 84.8 cm³/mol. The van der Waals surface area contributed by atoms with Crippen molar-refractivity contribution in [2.24, 2.45) is 10.9 Å². The molecule has 2 saturated heterocycles. The monoisotopic (exact) mass is 298 g/mol. The first-order valence-electron chi connectivity index (χ1n) is 7.97. The maximum absolute atomic E-state index is 5.69. The first-order chi connectivity index (χ1) is 10.2.